The molecule has 6 rings (SSSR count). The van der Waals surface area contributed by atoms with Crippen molar-refractivity contribution in [1.29, 1.82) is 0 Å². The number of carboxylic acids is 1. The van der Waals surface area contributed by atoms with E-state index in [1.807, 2.05) is 30.3 Å². The van der Waals surface area contributed by atoms with Crippen LogP contribution in [0.2, 0.25) is 0 Å². The SMILES string of the molecule is CC(C)C1=C2C3CC[C@@H]4[C@@]5(C)CC[C@H](OC(=O)CC(C)(C)C(=O)O)C(C)(C)[C@@H]5CC[C@@]4(C)[C@]3(C)CCC2(C(O)CNC(CO)c2ccccc2)CC1=O. The fourth-order valence-electron chi connectivity index (χ4n) is 13.3. The van der Waals surface area contributed by atoms with Crippen molar-refractivity contribution in [3.63, 3.8) is 0 Å². The number of nitrogens with one attached hydrogen (secondary N) is 1. The van der Waals surface area contributed by atoms with Gasteiger partial charge in [0, 0.05) is 23.8 Å². The Bertz CT molecular complexity index is 1610. The van der Waals surface area contributed by atoms with Crippen molar-refractivity contribution < 1.29 is 34.4 Å². The summed E-state index contributed by atoms with van der Waals surface area (Å²) in [7, 11) is 0. The first kappa shape index (κ1) is 40.1. The lowest BCUT2D eigenvalue weighted by Crippen LogP contribution is -2.66. The zero-order valence-electron chi connectivity index (χ0n) is 33.9. The Morgan fingerprint density at radius 2 is 1.60 bits per heavy atom. The topological polar surface area (TPSA) is 133 Å². The number of benzene rings is 1. The van der Waals surface area contributed by atoms with Gasteiger partial charge < -0.3 is 25.4 Å². The molecule has 0 radical (unpaired) electrons. The van der Waals surface area contributed by atoms with Gasteiger partial charge in [0.2, 0.25) is 0 Å². The Labute approximate surface area is 317 Å². The van der Waals surface area contributed by atoms with Crippen molar-refractivity contribution in [3.05, 3.63) is 47.0 Å². The van der Waals surface area contributed by atoms with Crippen LogP contribution in [0.1, 0.15) is 138 Å². The highest BCUT2D eigenvalue weighted by Crippen LogP contribution is 2.77. The average Bonchev–Trinajstić information content (AvgIpc) is 3.40. The standard InChI is InChI=1S/C45H67NO7/c1-27(2)37-31(48)23-45(34(49)25-46-30(26-47)28-13-11-10-12-14-28)22-21-43(8)29(38(37)45)15-16-33-42(7)19-18-35(53-36(50)24-40(3,4)39(51)52)41(5,6)32(42)17-20-44(33,43)9/h10-14,27,29-30,32-35,46-47,49H,15-26H2,1-9H3,(H,51,52)/t29?,30?,32-,33+,34?,35-,42-,43+,44+,45?/m0/s1. The molecule has 0 amide bonds. The number of hydrogen-bond acceptors (Lipinski definition) is 7. The van der Waals surface area contributed by atoms with Crippen LogP contribution in [-0.4, -0.2) is 58.4 Å². The minimum absolute atomic E-state index is 0.0255. The largest absolute Gasteiger partial charge is 0.481 e. The fourth-order valence-corrected chi connectivity index (χ4v) is 13.3. The molecule has 5 aliphatic rings. The third kappa shape index (κ3) is 6.25. The molecule has 10 atom stereocenters. The number of carbonyl (C=O) groups excluding carboxylic acids is 2. The molecule has 0 saturated heterocycles. The van der Waals surface area contributed by atoms with E-state index in [0.717, 1.165) is 62.5 Å². The number of ether oxygens (including phenoxy) is 1. The summed E-state index contributed by atoms with van der Waals surface area (Å²) < 4.78 is 6.16. The highest BCUT2D eigenvalue weighted by molar-refractivity contribution is 6.00. The zero-order chi connectivity index (χ0) is 38.9. The Morgan fingerprint density at radius 1 is 0.925 bits per heavy atom. The van der Waals surface area contributed by atoms with Crippen LogP contribution in [0.4, 0.5) is 0 Å². The molecule has 8 heteroatoms. The molecule has 8 nitrogen and oxygen atoms in total. The minimum atomic E-state index is -1.17. The summed E-state index contributed by atoms with van der Waals surface area (Å²) in [5.41, 5.74) is 1.17. The zero-order valence-corrected chi connectivity index (χ0v) is 33.9. The Balaban J connectivity index is 1.27. The maximum Gasteiger partial charge on any atom is 0.309 e. The van der Waals surface area contributed by atoms with Crippen molar-refractivity contribution in [1.82, 2.24) is 5.32 Å². The van der Waals surface area contributed by atoms with Crippen molar-refractivity contribution in [2.45, 2.75) is 145 Å². The number of aliphatic carboxylic acids is 1. The number of hydrogen-bond donors (Lipinski definition) is 4. The van der Waals surface area contributed by atoms with Gasteiger partial charge in [-0.2, -0.15) is 0 Å². The van der Waals surface area contributed by atoms with E-state index in [4.69, 9.17) is 4.74 Å². The van der Waals surface area contributed by atoms with Crippen LogP contribution in [-0.2, 0) is 19.1 Å². The van der Waals surface area contributed by atoms with Crippen LogP contribution in [0.15, 0.2) is 41.5 Å². The molecule has 0 spiro atoms. The predicted octanol–water partition coefficient (Wildman–Crippen LogP) is 8.06. The van der Waals surface area contributed by atoms with E-state index in [0.29, 0.717) is 24.8 Å². The monoisotopic (exact) mass is 733 g/mol. The lowest BCUT2D eigenvalue weighted by atomic mass is 9.33. The van der Waals surface area contributed by atoms with Crippen LogP contribution in [0, 0.1) is 56.2 Å². The number of allylic oxidation sites excluding steroid dienone is 1. The van der Waals surface area contributed by atoms with Gasteiger partial charge in [-0.3, -0.25) is 14.4 Å². The van der Waals surface area contributed by atoms with Crippen LogP contribution in [0.3, 0.4) is 0 Å². The Morgan fingerprint density at radius 3 is 2.23 bits per heavy atom. The summed E-state index contributed by atoms with van der Waals surface area (Å²) in [6, 6.07) is 9.56. The van der Waals surface area contributed by atoms with Crippen molar-refractivity contribution in [3.8, 4) is 0 Å². The number of carboxylic acid groups (broad SMARTS) is 1. The molecule has 53 heavy (non-hydrogen) atoms. The highest BCUT2D eigenvalue weighted by atomic mass is 16.5. The van der Waals surface area contributed by atoms with E-state index in [9.17, 15) is 29.7 Å². The predicted molar refractivity (Wildman–Crippen MR) is 206 cm³/mol. The van der Waals surface area contributed by atoms with Gasteiger partial charge >= 0.3 is 11.9 Å². The average molecular weight is 734 g/mol. The Kier molecular flexibility index (Phi) is 10.5. The summed E-state index contributed by atoms with van der Waals surface area (Å²) in [5, 5.41) is 35.6. The van der Waals surface area contributed by atoms with E-state index in [1.54, 1.807) is 13.8 Å². The maximum atomic E-state index is 14.1. The second kappa shape index (κ2) is 13.9. The highest BCUT2D eigenvalue weighted by Gasteiger charge is 2.70. The maximum absolute atomic E-state index is 14.1. The van der Waals surface area contributed by atoms with Crippen LogP contribution in [0.5, 0.6) is 0 Å². The van der Waals surface area contributed by atoms with Crippen LogP contribution >= 0.6 is 0 Å². The smallest absolute Gasteiger partial charge is 0.309 e. The van der Waals surface area contributed by atoms with Crippen molar-refractivity contribution in [2.75, 3.05) is 13.2 Å². The number of fused-ring (bicyclic) bond motifs is 7. The van der Waals surface area contributed by atoms with E-state index >= 15 is 0 Å². The molecule has 1 aromatic rings. The molecule has 5 aliphatic carbocycles. The third-order valence-electron chi connectivity index (χ3n) is 16.4. The van der Waals surface area contributed by atoms with E-state index in [-0.39, 0.29) is 64.5 Å². The summed E-state index contributed by atoms with van der Waals surface area (Å²) in [6.45, 7) is 19.7. The van der Waals surface area contributed by atoms with Gasteiger partial charge in [-0.15, -0.1) is 0 Å². The number of ketones is 1. The van der Waals surface area contributed by atoms with Gasteiger partial charge in [-0.25, -0.2) is 0 Å². The molecular weight excluding hydrogens is 666 g/mol. The molecule has 0 bridgehead atoms. The number of aliphatic hydroxyl groups is 2. The van der Waals surface area contributed by atoms with Crippen molar-refractivity contribution >= 4 is 17.7 Å². The summed E-state index contributed by atoms with van der Waals surface area (Å²) in [4.78, 5) is 38.9. The molecule has 0 heterocycles. The van der Waals surface area contributed by atoms with Gasteiger partial charge in [0.1, 0.15) is 6.10 Å². The summed E-state index contributed by atoms with van der Waals surface area (Å²) in [5.74, 6) is -0.120. The number of esters is 1. The quantitative estimate of drug-likeness (QED) is 0.168. The normalized spacial score (nSPS) is 37.6. The second-order valence-electron chi connectivity index (χ2n) is 20.1. The van der Waals surface area contributed by atoms with Crippen LogP contribution in [0.25, 0.3) is 0 Å². The molecule has 4 unspecified atom stereocenters. The van der Waals surface area contributed by atoms with Gasteiger partial charge in [0.05, 0.1) is 30.6 Å². The van der Waals surface area contributed by atoms with E-state index in [2.05, 4.69) is 53.8 Å². The molecule has 4 saturated carbocycles. The van der Waals surface area contributed by atoms with Gasteiger partial charge in [0.25, 0.3) is 0 Å². The Hall–Kier alpha value is -2.55. The molecule has 4 fully saturated rings. The molecule has 0 aromatic heterocycles. The lowest BCUT2D eigenvalue weighted by molar-refractivity contribution is -0.235. The molecule has 0 aliphatic heterocycles. The molecule has 1 aromatic carbocycles. The van der Waals surface area contributed by atoms with E-state index in [1.165, 1.54) is 5.57 Å². The first-order valence-corrected chi connectivity index (χ1v) is 20.5. The summed E-state index contributed by atoms with van der Waals surface area (Å²) in [6.07, 6.45) is 6.81. The van der Waals surface area contributed by atoms with Gasteiger partial charge in [-0.1, -0.05) is 84.4 Å². The molecule has 294 valence electrons. The number of carbonyl (C=O) groups is 3. The third-order valence-corrected chi connectivity index (χ3v) is 16.4. The van der Waals surface area contributed by atoms with Gasteiger partial charge in [-0.05, 0) is 116 Å². The minimum Gasteiger partial charge on any atom is -0.481 e. The second-order valence-corrected chi connectivity index (χ2v) is 20.1. The molecular formula is C45H67NO7. The van der Waals surface area contributed by atoms with Crippen LogP contribution < -0.4 is 5.32 Å². The number of rotatable bonds is 11. The first-order valence-electron chi connectivity index (χ1n) is 20.5. The van der Waals surface area contributed by atoms with Crippen molar-refractivity contribution in [2.24, 2.45) is 56.2 Å². The first-order chi connectivity index (χ1) is 24.7. The number of Topliss-reactive ketones (excluding diaryl/α,β-unsaturated/α-hetero) is 1. The fraction of sp³-hybridized carbons (Fsp3) is 0.756. The molecule has 4 N–H and O–H groups in total. The van der Waals surface area contributed by atoms with Gasteiger partial charge in [0.15, 0.2) is 5.78 Å². The van der Waals surface area contributed by atoms with E-state index < -0.39 is 28.9 Å². The summed E-state index contributed by atoms with van der Waals surface area (Å²) >= 11 is 0. The number of aliphatic hydroxyl groups excluding tert-OH is 2. The lowest BCUT2D eigenvalue weighted by Gasteiger charge is -2.72.